The molecule has 0 aromatic rings. The molecule has 8 nitrogen and oxygen atoms in total. The van der Waals surface area contributed by atoms with Crippen molar-refractivity contribution in [3.05, 3.63) is 0 Å². The summed E-state index contributed by atoms with van der Waals surface area (Å²) >= 11 is 1.37. The predicted molar refractivity (Wildman–Crippen MR) is 104 cm³/mol. The molecule has 2 saturated heterocycles. The van der Waals surface area contributed by atoms with Gasteiger partial charge in [-0.1, -0.05) is 0 Å². The van der Waals surface area contributed by atoms with Gasteiger partial charge in [0.25, 0.3) is 0 Å². The van der Waals surface area contributed by atoms with Crippen LogP contribution in [0.15, 0.2) is 0 Å². The van der Waals surface area contributed by atoms with Gasteiger partial charge in [0, 0.05) is 32.5 Å². The van der Waals surface area contributed by atoms with Crippen molar-refractivity contribution in [2.45, 2.75) is 30.9 Å². The summed E-state index contributed by atoms with van der Waals surface area (Å²) in [5.74, 6) is -0.567. The van der Waals surface area contributed by atoms with Crippen molar-refractivity contribution in [3.63, 3.8) is 0 Å². The third-order valence-corrected chi connectivity index (χ3v) is 5.68. The van der Waals surface area contributed by atoms with Crippen molar-refractivity contribution in [2.75, 3.05) is 65.4 Å². The molecule has 0 spiro atoms. The number of amides is 3. The molecule has 0 aliphatic carbocycles. The van der Waals surface area contributed by atoms with E-state index in [2.05, 4.69) is 10.2 Å². The fraction of sp³-hybridized carbons (Fsp3) is 0.833. The van der Waals surface area contributed by atoms with E-state index in [0.717, 1.165) is 13.2 Å². The number of thioether (sulfide) groups is 1. The first-order chi connectivity index (χ1) is 13.1. The fourth-order valence-corrected chi connectivity index (χ4v) is 3.80. The van der Waals surface area contributed by atoms with Gasteiger partial charge in [-0.15, -0.1) is 0 Å². The molecular weight excluding hydrogens is 370 g/mol. The van der Waals surface area contributed by atoms with Crippen LogP contribution in [0.25, 0.3) is 0 Å². The van der Waals surface area contributed by atoms with Gasteiger partial charge in [0.15, 0.2) is 0 Å². The van der Waals surface area contributed by atoms with Crippen molar-refractivity contribution < 1.29 is 23.9 Å². The Balaban J connectivity index is 1.41. The Morgan fingerprint density at radius 3 is 2.48 bits per heavy atom. The Kier molecular flexibility index (Phi) is 10.1. The second-order valence-corrected chi connectivity index (χ2v) is 7.73. The van der Waals surface area contributed by atoms with Crippen LogP contribution in [-0.2, 0) is 23.9 Å². The second kappa shape index (κ2) is 12.3. The third kappa shape index (κ3) is 7.77. The number of carbonyl (C=O) groups excluding carboxylic acids is 3. The van der Waals surface area contributed by atoms with E-state index >= 15 is 0 Å². The van der Waals surface area contributed by atoms with E-state index < -0.39 is 0 Å². The van der Waals surface area contributed by atoms with Gasteiger partial charge < -0.3 is 19.7 Å². The fourth-order valence-electron chi connectivity index (χ4n) is 3.16. The van der Waals surface area contributed by atoms with Crippen LogP contribution in [-0.4, -0.2) is 98.2 Å². The lowest BCUT2D eigenvalue weighted by Crippen LogP contribution is -2.36. The van der Waals surface area contributed by atoms with Gasteiger partial charge in [-0.25, -0.2) is 0 Å². The van der Waals surface area contributed by atoms with Crippen molar-refractivity contribution in [3.8, 4) is 0 Å². The summed E-state index contributed by atoms with van der Waals surface area (Å²) in [5, 5.41) is 2.44. The summed E-state index contributed by atoms with van der Waals surface area (Å²) in [6.45, 7) is 6.09. The monoisotopic (exact) mass is 401 g/mol. The van der Waals surface area contributed by atoms with Crippen molar-refractivity contribution in [2.24, 2.45) is 0 Å². The largest absolute Gasteiger partial charge is 0.378 e. The van der Waals surface area contributed by atoms with E-state index in [1.54, 1.807) is 0 Å². The summed E-state index contributed by atoms with van der Waals surface area (Å²) in [6, 6.07) is 0. The minimum atomic E-state index is -0.300. The van der Waals surface area contributed by atoms with Crippen molar-refractivity contribution in [1.82, 2.24) is 15.1 Å². The number of hydrogen-bond acceptors (Lipinski definition) is 7. The Labute approximate surface area is 165 Å². The first kappa shape index (κ1) is 22.1. The quantitative estimate of drug-likeness (QED) is 0.346. The summed E-state index contributed by atoms with van der Waals surface area (Å²) in [7, 11) is 0. The Morgan fingerprint density at radius 1 is 1.11 bits per heavy atom. The molecule has 2 rings (SSSR count). The first-order valence-electron chi connectivity index (χ1n) is 9.63. The third-order valence-electron chi connectivity index (χ3n) is 4.74. The molecule has 0 bridgehead atoms. The van der Waals surface area contributed by atoms with Crippen molar-refractivity contribution in [1.29, 1.82) is 0 Å². The van der Waals surface area contributed by atoms with Gasteiger partial charge in [0.05, 0.1) is 31.7 Å². The Bertz CT molecular complexity index is 499. The lowest BCUT2D eigenvalue weighted by Gasteiger charge is -2.14. The Morgan fingerprint density at radius 2 is 1.81 bits per heavy atom. The van der Waals surface area contributed by atoms with Gasteiger partial charge in [-0.05, 0) is 32.2 Å². The van der Waals surface area contributed by atoms with E-state index in [1.165, 1.54) is 42.6 Å². The maximum absolute atomic E-state index is 12.0. The number of nitrogens with zero attached hydrogens (tertiary/aromatic N) is 2. The maximum atomic E-state index is 12.0. The SMILES string of the molecule is CSC1CC(=O)N(CCC(=O)NCCOCCOCCN2CCCC2)C1=O. The number of rotatable bonds is 13. The van der Waals surface area contributed by atoms with E-state index in [0.29, 0.717) is 26.4 Å². The topological polar surface area (TPSA) is 88.2 Å². The molecule has 9 heteroatoms. The van der Waals surface area contributed by atoms with Crippen LogP contribution in [0, 0.1) is 0 Å². The normalized spacial score (nSPS) is 20.6. The molecule has 1 atom stereocenters. The highest BCUT2D eigenvalue weighted by Crippen LogP contribution is 2.22. The number of carbonyl (C=O) groups is 3. The van der Waals surface area contributed by atoms with Gasteiger partial charge >= 0.3 is 0 Å². The number of ether oxygens (including phenoxy) is 2. The molecule has 2 aliphatic heterocycles. The molecule has 154 valence electrons. The molecule has 2 heterocycles. The molecule has 3 amide bonds. The highest BCUT2D eigenvalue weighted by Gasteiger charge is 2.37. The zero-order valence-corrected chi connectivity index (χ0v) is 16.9. The first-order valence-corrected chi connectivity index (χ1v) is 10.9. The molecule has 2 fully saturated rings. The highest BCUT2D eigenvalue weighted by molar-refractivity contribution is 8.00. The summed E-state index contributed by atoms with van der Waals surface area (Å²) in [5.41, 5.74) is 0. The minimum absolute atomic E-state index is 0.123. The molecule has 2 aliphatic rings. The van der Waals surface area contributed by atoms with Gasteiger partial charge in [-0.2, -0.15) is 11.8 Å². The molecule has 1 N–H and O–H groups in total. The lowest BCUT2D eigenvalue weighted by molar-refractivity contribution is -0.138. The molecule has 0 aromatic carbocycles. The van der Waals surface area contributed by atoms with E-state index in [9.17, 15) is 14.4 Å². The smallest absolute Gasteiger partial charge is 0.242 e. The van der Waals surface area contributed by atoms with Crippen molar-refractivity contribution >= 4 is 29.5 Å². The standard InChI is InChI=1S/C18H31N3O5S/c1-27-15-14-17(23)21(18(15)24)8-4-16(22)19-5-10-25-12-13-26-11-9-20-6-2-3-7-20/h15H,2-14H2,1H3,(H,19,22). The number of likely N-dealkylation sites (tertiary alicyclic amines) is 2. The van der Waals surface area contributed by atoms with Gasteiger partial charge in [0.2, 0.25) is 17.7 Å². The maximum Gasteiger partial charge on any atom is 0.242 e. The van der Waals surface area contributed by atoms with Crippen LogP contribution in [0.5, 0.6) is 0 Å². The van der Waals surface area contributed by atoms with Gasteiger partial charge in [-0.3, -0.25) is 19.3 Å². The molecule has 0 aromatic heterocycles. The second-order valence-electron chi connectivity index (χ2n) is 6.69. The summed E-state index contributed by atoms with van der Waals surface area (Å²) in [4.78, 5) is 39.1. The number of hydrogen-bond donors (Lipinski definition) is 1. The number of imide groups is 1. The molecule has 27 heavy (non-hydrogen) atoms. The number of nitrogens with one attached hydrogen (secondary N) is 1. The minimum Gasteiger partial charge on any atom is -0.378 e. The van der Waals surface area contributed by atoms with Crippen LogP contribution in [0.2, 0.25) is 0 Å². The predicted octanol–water partition coefficient (Wildman–Crippen LogP) is 0.112. The Hall–Kier alpha value is -1.16. The average Bonchev–Trinajstić information content (AvgIpc) is 3.26. The molecule has 0 saturated carbocycles. The average molecular weight is 402 g/mol. The zero-order chi connectivity index (χ0) is 19.5. The van der Waals surface area contributed by atoms with E-state index in [4.69, 9.17) is 9.47 Å². The van der Waals surface area contributed by atoms with Crippen LogP contribution >= 0.6 is 11.8 Å². The van der Waals surface area contributed by atoms with Crippen LogP contribution < -0.4 is 5.32 Å². The van der Waals surface area contributed by atoms with Crippen LogP contribution in [0.3, 0.4) is 0 Å². The van der Waals surface area contributed by atoms with Gasteiger partial charge in [0.1, 0.15) is 0 Å². The van der Waals surface area contributed by atoms with Crippen LogP contribution in [0.4, 0.5) is 0 Å². The summed E-state index contributed by atoms with van der Waals surface area (Å²) < 4.78 is 11.0. The molecular formula is C18H31N3O5S. The summed E-state index contributed by atoms with van der Waals surface area (Å²) in [6.07, 6.45) is 4.74. The molecule has 0 radical (unpaired) electrons. The highest BCUT2D eigenvalue weighted by atomic mass is 32.2. The molecule has 1 unspecified atom stereocenters. The van der Waals surface area contributed by atoms with Crippen LogP contribution in [0.1, 0.15) is 25.7 Å². The zero-order valence-electron chi connectivity index (χ0n) is 16.1. The van der Waals surface area contributed by atoms with E-state index in [-0.39, 0.29) is 42.4 Å². The van der Waals surface area contributed by atoms with E-state index in [1.807, 2.05) is 6.26 Å². The lowest BCUT2D eigenvalue weighted by atomic mass is 10.3.